The van der Waals surface area contributed by atoms with Crippen LogP contribution in [0.3, 0.4) is 0 Å². The lowest BCUT2D eigenvalue weighted by atomic mass is 10.1. The van der Waals surface area contributed by atoms with Crippen LogP contribution in [-0.2, 0) is 11.0 Å². The van der Waals surface area contributed by atoms with Crippen molar-refractivity contribution >= 4 is 11.8 Å². The topological polar surface area (TPSA) is 49.4 Å². The summed E-state index contributed by atoms with van der Waals surface area (Å²) in [5.74, 6) is -2.72. The molecule has 0 saturated carbocycles. The van der Waals surface area contributed by atoms with E-state index in [2.05, 4.69) is 5.32 Å². The molecule has 0 atom stereocenters. The van der Waals surface area contributed by atoms with Crippen molar-refractivity contribution in [2.75, 3.05) is 20.1 Å². The Labute approximate surface area is 118 Å². The quantitative estimate of drug-likeness (QED) is 0.866. The van der Waals surface area contributed by atoms with Gasteiger partial charge in [-0.1, -0.05) is 0 Å². The first-order chi connectivity index (χ1) is 9.66. The molecule has 0 spiro atoms. The minimum Gasteiger partial charge on any atom is -0.345 e. The van der Waals surface area contributed by atoms with Crippen LogP contribution in [0.5, 0.6) is 0 Å². The number of benzene rings is 1. The van der Waals surface area contributed by atoms with Crippen molar-refractivity contribution in [2.45, 2.75) is 13.1 Å². The van der Waals surface area contributed by atoms with Crippen molar-refractivity contribution in [3.8, 4) is 0 Å². The van der Waals surface area contributed by atoms with Crippen LogP contribution < -0.4 is 5.32 Å². The molecular weight excluding hydrogens is 292 g/mol. The summed E-state index contributed by atoms with van der Waals surface area (Å²) in [5.41, 5.74) is -1.89. The van der Waals surface area contributed by atoms with Crippen LogP contribution in [-0.4, -0.2) is 36.9 Å². The fraction of sp³-hybridized carbons (Fsp3) is 0.385. The number of alkyl halides is 3. The summed E-state index contributed by atoms with van der Waals surface area (Å²) in [5, 5.41) is 2.19. The number of hydrogen-bond acceptors (Lipinski definition) is 2. The maximum Gasteiger partial charge on any atom is 0.419 e. The molecule has 1 rings (SSSR count). The van der Waals surface area contributed by atoms with Gasteiger partial charge < -0.3 is 10.2 Å². The molecular formula is C13H14F4N2O2. The normalized spacial score (nSPS) is 11.1. The molecule has 0 radical (unpaired) electrons. The Balaban J connectivity index is 2.82. The van der Waals surface area contributed by atoms with E-state index in [1.807, 2.05) is 0 Å². The molecule has 0 saturated heterocycles. The van der Waals surface area contributed by atoms with Gasteiger partial charge in [-0.15, -0.1) is 0 Å². The molecule has 0 unspecified atom stereocenters. The lowest BCUT2D eigenvalue weighted by Gasteiger charge is -2.15. The van der Waals surface area contributed by atoms with Gasteiger partial charge in [-0.25, -0.2) is 4.39 Å². The van der Waals surface area contributed by atoms with Gasteiger partial charge in [0.2, 0.25) is 5.91 Å². The predicted octanol–water partition coefficient (Wildman–Crippen LogP) is 2.05. The molecule has 0 aliphatic heterocycles. The van der Waals surface area contributed by atoms with Gasteiger partial charge in [0.05, 0.1) is 12.1 Å². The van der Waals surface area contributed by atoms with Gasteiger partial charge in [0.1, 0.15) is 5.82 Å². The van der Waals surface area contributed by atoms with Gasteiger partial charge in [0, 0.05) is 19.2 Å². The van der Waals surface area contributed by atoms with Crippen molar-refractivity contribution in [3.63, 3.8) is 0 Å². The second-order valence-electron chi connectivity index (χ2n) is 4.28. The molecule has 0 aromatic heterocycles. The van der Waals surface area contributed by atoms with Crippen molar-refractivity contribution < 1.29 is 27.2 Å². The highest BCUT2D eigenvalue weighted by Crippen LogP contribution is 2.31. The number of halogens is 4. The highest BCUT2D eigenvalue weighted by molar-refractivity contribution is 5.96. The number of rotatable bonds is 4. The van der Waals surface area contributed by atoms with Crippen molar-refractivity contribution in [1.29, 1.82) is 0 Å². The number of amides is 2. The summed E-state index contributed by atoms with van der Waals surface area (Å²) in [6.07, 6.45) is -4.89. The molecule has 1 aromatic carbocycles. The SMILES string of the molecule is CCN(C)C(=O)CNC(=O)c1ccc(F)c(C(F)(F)F)c1. The van der Waals surface area contributed by atoms with Crippen molar-refractivity contribution in [1.82, 2.24) is 10.2 Å². The minimum absolute atomic E-state index is 0.345. The van der Waals surface area contributed by atoms with Gasteiger partial charge in [-0.3, -0.25) is 9.59 Å². The van der Waals surface area contributed by atoms with E-state index in [0.29, 0.717) is 18.7 Å². The summed E-state index contributed by atoms with van der Waals surface area (Å²) in [6, 6.07) is 1.91. The van der Waals surface area contributed by atoms with Crippen LogP contribution in [0.1, 0.15) is 22.8 Å². The average Bonchev–Trinajstić information content (AvgIpc) is 2.42. The van der Waals surface area contributed by atoms with Crippen LogP contribution in [0.2, 0.25) is 0 Å². The molecule has 0 bridgehead atoms. The molecule has 8 heteroatoms. The van der Waals surface area contributed by atoms with Crippen LogP contribution in [0, 0.1) is 5.82 Å². The minimum atomic E-state index is -4.89. The van der Waals surface area contributed by atoms with E-state index >= 15 is 0 Å². The summed E-state index contributed by atoms with van der Waals surface area (Å²) < 4.78 is 50.7. The number of nitrogens with zero attached hydrogens (tertiary/aromatic N) is 1. The number of hydrogen-bond donors (Lipinski definition) is 1. The van der Waals surface area contributed by atoms with E-state index in [1.165, 1.54) is 11.9 Å². The molecule has 0 aliphatic rings. The average molecular weight is 306 g/mol. The third-order valence-electron chi connectivity index (χ3n) is 2.83. The number of carbonyl (C=O) groups is 2. The van der Waals surface area contributed by atoms with Crippen molar-refractivity contribution in [2.24, 2.45) is 0 Å². The summed E-state index contributed by atoms with van der Waals surface area (Å²) in [4.78, 5) is 24.5. The lowest BCUT2D eigenvalue weighted by molar-refractivity contribution is -0.140. The Bertz CT molecular complexity index is 543. The molecule has 4 nitrogen and oxygen atoms in total. The number of likely N-dealkylation sites (N-methyl/N-ethyl adjacent to an activating group) is 1. The van der Waals surface area contributed by atoms with E-state index in [0.717, 1.165) is 6.07 Å². The zero-order valence-electron chi connectivity index (χ0n) is 11.4. The third kappa shape index (κ3) is 4.44. The number of nitrogens with one attached hydrogen (secondary N) is 1. The summed E-state index contributed by atoms with van der Waals surface area (Å²) >= 11 is 0. The molecule has 0 fully saturated rings. The second-order valence-corrected chi connectivity index (χ2v) is 4.28. The van der Waals surface area contributed by atoms with E-state index in [9.17, 15) is 27.2 Å². The molecule has 2 amide bonds. The zero-order valence-corrected chi connectivity index (χ0v) is 11.4. The van der Waals surface area contributed by atoms with Gasteiger partial charge in [0.15, 0.2) is 0 Å². The van der Waals surface area contributed by atoms with E-state index in [-0.39, 0.29) is 18.0 Å². The van der Waals surface area contributed by atoms with E-state index in [1.54, 1.807) is 6.92 Å². The Morgan fingerprint density at radius 3 is 2.43 bits per heavy atom. The monoisotopic (exact) mass is 306 g/mol. The molecule has 0 heterocycles. The fourth-order valence-corrected chi connectivity index (χ4v) is 1.45. The van der Waals surface area contributed by atoms with Gasteiger partial charge in [-0.2, -0.15) is 13.2 Å². The first-order valence-corrected chi connectivity index (χ1v) is 6.05. The second kappa shape index (κ2) is 6.55. The fourth-order valence-electron chi connectivity index (χ4n) is 1.45. The first kappa shape index (κ1) is 16.9. The standard InChI is InChI=1S/C13H14F4N2O2/c1-3-19(2)11(20)7-18-12(21)8-4-5-10(14)9(6-8)13(15,16)17/h4-6H,3,7H2,1-2H3,(H,18,21). The smallest absolute Gasteiger partial charge is 0.345 e. The van der Waals surface area contributed by atoms with E-state index < -0.39 is 23.5 Å². The Morgan fingerprint density at radius 1 is 1.29 bits per heavy atom. The molecule has 116 valence electrons. The predicted molar refractivity (Wildman–Crippen MR) is 67.0 cm³/mol. The van der Waals surface area contributed by atoms with Crippen LogP contribution >= 0.6 is 0 Å². The molecule has 1 N–H and O–H groups in total. The molecule has 0 aliphatic carbocycles. The third-order valence-corrected chi connectivity index (χ3v) is 2.83. The maximum absolute atomic E-state index is 13.1. The highest BCUT2D eigenvalue weighted by Gasteiger charge is 2.34. The molecule has 21 heavy (non-hydrogen) atoms. The van der Waals surface area contributed by atoms with Gasteiger partial charge >= 0.3 is 6.18 Å². The Hall–Kier alpha value is -2.12. The van der Waals surface area contributed by atoms with Gasteiger partial charge in [0.25, 0.3) is 5.91 Å². The number of carbonyl (C=O) groups excluding carboxylic acids is 2. The Kier molecular flexibility index (Phi) is 5.28. The zero-order chi connectivity index (χ0) is 16.2. The maximum atomic E-state index is 13.1. The first-order valence-electron chi connectivity index (χ1n) is 6.05. The molecule has 1 aromatic rings. The van der Waals surface area contributed by atoms with Crippen molar-refractivity contribution in [3.05, 3.63) is 35.1 Å². The largest absolute Gasteiger partial charge is 0.419 e. The van der Waals surface area contributed by atoms with Gasteiger partial charge in [-0.05, 0) is 25.1 Å². The lowest BCUT2D eigenvalue weighted by Crippen LogP contribution is -2.38. The van der Waals surface area contributed by atoms with E-state index in [4.69, 9.17) is 0 Å². The van der Waals surface area contributed by atoms with Crippen LogP contribution in [0.25, 0.3) is 0 Å². The summed E-state index contributed by atoms with van der Waals surface area (Å²) in [6.45, 7) is 1.82. The van der Waals surface area contributed by atoms with Crippen LogP contribution in [0.4, 0.5) is 17.6 Å². The highest BCUT2D eigenvalue weighted by atomic mass is 19.4. The summed E-state index contributed by atoms with van der Waals surface area (Å²) in [7, 11) is 1.52. The Morgan fingerprint density at radius 2 is 1.90 bits per heavy atom. The van der Waals surface area contributed by atoms with Crippen LogP contribution in [0.15, 0.2) is 18.2 Å².